The van der Waals surface area contributed by atoms with E-state index in [-0.39, 0.29) is 12.4 Å². The number of hydrogen-bond acceptors (Lipinski definition) is 4. The maximum absolute atomic E-state index is 11.6. The number of aliphatic carboxylic acids is 1. The Balaban J connectivity index is 2.86. The van der Waals surface area contributed by atoms with Crippen molar-refractivity contribution in [2.45, 2.75) is 6.04 Å². The first kappa shape index (κ1) is 14.6. The van der Waals surface area contributed by atoms with Crippen LogP contribution >= 0.6 is 0 Å². The second-order valence-corrected chi connectivity index (χ2v) is 5.48. The van der Waals surface area contributed by atoms with Crippen molar-refractivity contribution in [3.63, 3.8) is 0 Å². The number of rotatable bonds is 7. The molecule has 1 aromatic rings. The highest BCUT2D eigenvalue weighted by molar-refractivity contribution is 7.89. The van der Waals surface area contributed by atoms with E-state index in [1.165, 1.54) is 7.11 Å². The molecule has 0 aliphatic heterocycles. The molecule has 2 N–H and O–H groups in total. The molecule has 0 radical (unpaired) electrons. The number of carboxylic acid groups (broad SMARTS) is 1. The normalized spacial score (nSPS) is 13.2. The van der Waals surface area contributed by atoms with Gasteiger partial charge in [-0.3, -0.25) is 4.79 Å². The van der Waals surface area contributed by atoms with Gasteiger partial charge in [0, 0.05) is 7.11 Å². The zero-order valence-electron chi connectivity index (χ0n) is 9.87. The van der Waals surface area contributed by atoms with Gasteiger partial charge < -0.3 is 9.84 Å². The molecule has 0 fully saturated rings. The van der Waals surface area contributed by atoms with Crippen LogP contribution in [-0.4, -0.2) is 39.0 Å². The van der Waals surface area contributed by atoms with Crippen LogP contribution in [0.2, 0.25) is 0 Å². The van der Waals surface area contributed by atoms with Crippen LogP contribution in [0.5, 0.6) is 0 Å². The number of ether oxygens (including phenoxy) is 1. The molecule has 1 aromatic carbocycles. The van der Waals surface area contributed by atoms with E-state index in [0.717, 1.165) is 0 Å². The quantitative estimate of drug-likeness (QED) is 0.749. The molecule has 0 spiro atoms. The fourth-order valence-electron chi connectivity index (χ4n) is 1.34. The molecule has 1 rings (SSSR count). The summed E-state index contributed by atoms with van der Waals surface area (Å²) < 4.78 is 30.0. The Hall–Kier alpha value is -1.44. The molecular weight excluding hydrogens is 258 g/mol. The van der Waals surface area contributed by atoms with Crippen molar-refractivity contribution < 1.29 is 23.1 Å². The van der Waals surface area contributed by atoms with Gasteiger partial charge in [0.15, 0.2) is 0 Å². The molecule has 0 aliphatic rings. The van der Waals surface area contributed by atoms with Crippen LogP contribution in [0, 0.1) is 0 Å². The van der Waals surface area contributed by atoms with Crippen LogP contribution in [0.4, 0.5) is 0 Å². The van der Waals surface area contributed by atoms with Crippen LogP contribution in [0.3, 0.4) is 0 Å². The van der Waals surface area contributed by atoms with Gasteiger partial charge in [0.25, 0.3) is 0 Å². The van der Waals surface area contributed by atoms with Gasteiger partial charge in [0.05, 0.1) is 12.4 Å². The van der Waals surface area contributed by atoms with E-state index in [1.54, 1.807) is 30.3 Å². The SMILES string of the molecule is COCCS(=O)(=O)NC(C(=O)O)c1ccccc1. The van der Waals surface area contributed by atoms with Gasteiger partial charge in [-0.05, 0) is 5.56 Å². The third-order valence-corrected chi connectivity index (χ3v) is 3.53. The standard InChI is InChI=1S/C11H15NO5S/c1-17-7-8-18(15,16)12-10(11(13)14)9-5-3-2-4-6-9/h2-6,10,12H,7-8H2,1H3,(H,13,14). The smallest absolute Gasteiger partial charge is 0.326 e. The summed E-state index contributed by atoms with van der Waals surface area (Å²) in [6, 6.07) is 6.84. The van der Waals surface area contributed by atoms with E-state index in [4.69, 9.17) is 5.11 Å². The number of nitrogens with one attached hydrogen (secondary N) is 1. The van der Waals surface area contributed by atoms with Gasteiger partial charge in [-0.2, -0.15) is 4.72 Å². The van der Waals surface area contributed by atoms with Crippen molar-refractivity contribution in [1.29, 1.82) is 0 Å². The molecule has 1 unspecified atom stereocenters. The predicted octanol–water partition coefficient (Wildman–Crippen LogP) is 0.378. The Morgan fingerprint density at radius 1 is 1.39 bits per heavy atom. The van der Waals surface area contributed by atoms with E-state index in [1.807, 2.05) is 0 Å². The van der Waals surface area contributed by atoms with Gasteiger partial charge in [0.2, 0.25) is 10.0 Å². The lowest BCUT2D eigenvalue weighted by Gasteiger charge is -2.14. The van der Waals surface area contributed by atoms with E-state index in [2.05, 4.69) is 9.46 Å². The second kappa shape index (κ2) is 6.48. The van der Waals surface area contributed by atoms with E-state index >= 15 is 0 Å². The number of methoxy groups -OCH3 is 1. The fourth-order valence-corrected chi connectivity index (χ4v) is 2.44. The number of carboxylic acids is 1. The van der Waals surface area contributed by atoms with Crippen molar-refractivity contribution in [3.05, 3.63) is 35.9 Å². The molecule has 0 amide bonds. The summed E-state index contributed by atoms with van der Waals surface area (Å²) in [5.41, 5.74) is 0.381. The van der Waals surface area contributed by atoms with Crippen molar-refractivity contribution >= 4 is 16.0 Å². The summed E-state index contributed by atoms with van der Waals surface area (Å²) in [6.07, 6.45) is 0. The fraction of sp³-hybridized carbons (Fsp3) is 0.364. The summed E-state index contributed by atoms with van der Waals surface area (Å²) in [7, 11) is -2.32. The van der Waals surface area contributed by atoms with Crippen molar-refractivity contribution in [1.82, 2.24) is 4.72 Å². The predicted molar refractivity (Wildman–Crippen MR) is 65.6 cm³/mol. The molecule has 1 atom stereocenters. The van der Waals surface area contributed by atoms with Crippen molar-refractivity contribution in [2.24, 2.45) is 0 Å². The lowest BCUT2D eigenvalue weighted by Crippen LogP contribution is -2.36. The summed E-state index contributed by atoms with van der Waals surface area (Å²) in [5, 5.41) is 9.06. The lowest BCUT2D eigenvalue weighted by molar-refractivity contribution is -0.139. The molecule has 0 saturated heterocycles. The highest BCUT2D eigenvalue weighted by atomic mass is 32.2. The molecule has 0 saturated carbocycles. The van der Waals surface area contributed by atoms with Gasteiger partial charge >= 0.3 is 5.97 Å². The molecule has 6 nitrogen and oxygen atoms in total. The minimum Gasteiger partial charge on any atom is -0.480 e. The molecule has 0 aromatic heterocycles. The minimum atomic E-state index is -3.69. The first-order valence-electron chi connectivity index (χ1n) is 5.23. The zero-order chi connectivity index (χ0) is 13.6. The Kier molecular flexibility index (Phi) is 5.26. The van der Waals surface area contributed by atoms with Crippen molar-refractivity contribution in [3.8, 4) is 0 Å². The number of hydrogen-bond donors (Lipinski definition) is 2. The largest absolute Gasteiger partial charge is 0.480 e. The van der Waals surface area contributed by atoms with Gasteiger partial charge in [0.1, 0.15) is 6.04 Å². The first-order chi connectivity index (χ1) is 8.46. The van der Waals surface area contributed by atoms with E-state index < -0.39 is 22.0 Å². The number of sulfonamides is 1. The average Bonchev–Trinajstić information content (AvgIpc) is 2.34. The van der Waals surface area contributed by atoms with Gasteiger partial charge in [-0.15, -0.1) is 0 Å². The third-order valence-electron chi connectivity index (χ3n) is 2.23. The lowest BCUT2D eigenvalue weighted by atomic mass is 10.1. The molecular formula is C11H15NO5S. The maximum atomic E-state index is 11.6. The van der Waals surface area contributed by atoms with Crippen LogP contribution in [0.1, 0.15) is 11.6 Å². The third kappa shape index (κ3) is 4.44. The Bertz CT molecular complexity index is 485. The maximum Gasteiger partial charge on any atom is 0.326 e. The molecule has 18 heavy (non-hydrogen) atoms. The second-order valence-electron chi connectivity index (χ2n) is 3.61. The van der Waals surface area contributed by atoms with Crippen molar-refractivity contribution in [2.75, 3.05) is 19.5 Å². The summed E-state index contributed by atoms with van der Waals surface area (Å²) in [5.74, 6) is -1.53. The molecule has 100 valence electrons. The highest BCUT2D eigenvalue weighted by Crippen LogP contribution is 2.13. The molecule has 0 bridgehead atoms. The summed E-state index contributed by atoms with van der Waals surface area (Å²) in [6.45, 7) is 0.0104. The van der Waals surface area contributed by atoms with Gasteiger partial charge in [-0.25, -0.2) is 8.42 Å². The number of carbonyl (C=O) groups is 1. The van der Waals surface area contributed by atoms with Crippen LogP contribution < -0.4 is 4.72 Å². The first-order valence-corrected chi connectivity index (χ1v) is 6.88. The average molecular weight is 273 g/mol. The minimum absolute atomic E-state index is 0.0104. The van der Waals surface area contributed by atoms with E-state index in [0.29, 0.717) is 5.56 Å². The van der Waals surface area contributed by atoms with Crippen LogP contribution in [-0.2, 0) is 19.6 Å². The molecule has 0 heterocycles. The van der Waals surface area contributed by atoms with Gasteiger partial charge in [-0.1, -0.05) is 30.3 Å². The molecule has 0 aliphatic carbocycles. The Labute approximate surface area is 106 Å². The Morgan fingerprint density at radius 3 is 2.50 bits per heavy atom. The zero-order valence-corrected chi connectivity index (χ0v) is 10.7. The van der Waals surface area contributed by atoms with Crippen LogP contribution in [0.25, 0.3) is 0 Å². The highest BCUT2D eigenvalue weighted by Gasteiger charge is 2.25. The summed E-state index contributed by atoms with van der Waals surface area (Å²) >= 11 is 0. The molecule has 7 heteroatoms. The van der Waals surface area contributed by atoms with Crippen LogP contribution in [0.15, 0.2) is 30.3 Å². The topological polar surface area (TPSA) is 92.7 Å². The van der Waals surface area contributed by atoms with E-state index in [9.17, 15) is 13.2 Å². The Morgan fingerprint density at radius 2 is 2.00 bits per heavy atom. The summed E-state index contributed by atoms with van der Waals surface area (Å²) in [4.78, 5) is 11.1. The number of benzene rings is 1. The monoisotopic (exact) mass is 273 g/mol.